The van der Waals surface area contributed by atoms with Crippen molar-refractivity contribution >= 4 is 11.6 Å². The smallest absolute Gasteiger partial charge is 0.146 e. The topological polar surface area (TPSA) is 9.23 Å². The van der Waals surface area contributed by atoms with Crippen LogP contribution in [0.4, 0.5) is 4.39 Å². The van der Waals surface area contributed by atoms with E-state index in [1.807, 2.05) is 31.2 Å². The maximum Gasteiger partial charge on any atom is 0.146 e. The van der Waals surface area contributed by atoms with Crippen LogP contribution in [0.15, 0.2) is 42.5 Å². The third-order valence-electron chi connectivity index (χ3n) is 2.14. The first-order chi connectivity index (χ1) is 7.65. The summed E-state index contributed by atoms with van der Waals surface area (Å²) in [6, 6.07) is 11.6. The molecule has 16 heavy (non-hydrogen) atoms. The van der Waals surface area contributed by atoms with E-state index in [-0.39, 0.29) is 10.8 Å². The van der Waals surface area contributed by atoms with Gasteiger partial charge in [0.1, 0.15) is 17.3 Å². The fourth-order valence-electron chi connectivity index (χ4n) is 1.29. The Bertz CT molecular complexity index is 494. The molecule has 0 saturated heterocycles. The standard InChI is InChI=1S/C13H10ClFO/c1-9-2-5-11(6-3-9)16-13-7-4-10(15)8-12(13)14/h2-8H,1H3. The van der Waals surface area contributed by atoms with Gasteiger partial charge in [0.2, 0.25) is 0 Å². The van der Waals surface area contributed by atoms with Gasteiger partial charge in [-0.25, -0.2) is 4.39 Å². The predicted octanol–water partition coefficient (Wildman–Crippen LogP) is 4.58. The van der Waals surface area contributed by atoms with Gasteiger partial charge in [-0.1, -0.05) is 29.3 Å². The SMILES string of the molecule is Cc1ccc(Oc2ccc(F)cc2Cl)cc1. The zero-order chi connectivity index (χ0) is 11.5. The van der Waals surface area contributed by atoms with Gasteiger partial charge in [0, 0.05) is 0 Å². The Hall–Kier alpha value is -1.54. The monoisotopic (exact) mass is 236 g/mol. The van der Waals surface area contributed by atoms with Crippen LogP contribution in [0, 0.1) is 12.7 Å². The van der Waals surface area contributed by atoms with E-state index in [1.165, 1.54) is 18.2 Å². The highest BCUT2D eigenvalue weighted by molar-refractivity contribution is 6.32. The van der Waals surface area contributed by atoms with Crippen LogP contribution >= 0.6 is 11.6 Å². The number of hydrogen-bond acceptors (Lipinski definition) is 1. The van der Waals surface area contributed by atoms with Crippen LogP contribution in [0.3, 0.4) is 0 Å². The van der Waals surface area contributed by atoms with Crippen LogP contribution in [0.1, 0.15) is 5.56 Å². The molecule has 0 unspecified atom stereocenters. The second-order valence-electron chi connectivity index (χ2n) is 3.49. The van der Waals surface area contributed by atoms with Crippen LogP contribution < -0.4 is 4.74 Å². The molecule has 2 aromatic carbocycles. The minimum atomic E-state index is -0.374. The van der Waals surface area contributed by atoms with Crippen LogP contribution in [-0.2, 0) is 0 Å². The summed E-state index contributed by atoms with van der Waals surface area (Å²) in [5.74, 6) is 0.757. The number of benzene rings is 2. The lowest BCUT2D eigenvalue weighted by Gasteiger charge is -2.07. The molecule has 0 aromatic heterocycles. The Morgan fingerprint density at radius 1 is 1.06 bits per heavy atom. The third-order valence-corrected chi connectivity index (χ3v) is 2.44. The Labute approximate surface area is 98.4 Å². The van der Waals surface area contributed by atoms with E-state index in [2.05, 4.69) is 0 Å². The zero-order valence-corrected chi connectivity index (χ0v) is 9.46. The molecule has 0 aliphatic rings. The molecule has 0 heterocycles. The molecule has 1 nitrogen and oxygen atoms in total. The Kier molecular flexibility index (Phi) is 3.11. The van der Waals surface area contributed by atoms with Gasteiger partial charge in [-0.2, -0.15) is 0 Å². The van der Waals surface area contributed by atoms with E-state index in [0.717, 1.165) is 5.56 Å². The van der Waals surface area contributed by atoms with Crippen molar-refractivity contribution in [3.8, 4) is 11.5 Å². The summed E-state index contributed by atoms with van der Waals surface area (Å²) in [6.07, 6.45) is 0. The molecule has 0 radical (unpaired) electrons. The highest BCUT2D eigenvalue weighted by atomic mass is 35.5. The minimum absolute atomic E-state index is 0.264. The van der Waals surface area contributed by atoms with Crippen molar-refractivity contribution in [2.45, 2.75) is 6.92 Å². The largest absolute Gasteiger partial charge is 0.456 e. The van der Waals surface area contributed by atoms with Gasteiger partial charge in [0.05, 0.1) is 5.02 Å². The Morgan fingerprint density at radius 3 is 2.38 bits per heavy atom. The van der Waals surface area contributed by atoms with Gasteiger partial charge in [-0.15, -0.1) is 0 Å². The number of rotatable bonds is 2. The van der Waals surface area contributed by atoms with Gasteiger partial charge in [0.15, 0.2) is 0 Å². The number of ether oxygens (including phenoxy) is 1. The number of aryl methyl sites for hydroxylation is 1. The summed E-state index contributed by atoms with van der Waals surface area (Å²) in [5, 5.41) is 0.264. The molecule has 0 spiro atoms. The zero-order valence-electron chi connectivity index (χ0n) is 8.71. The average molecular weight is 237 g/mol. The molecule has 82 valence electrons. The molecule has 0 fully saturated rings. The van der Waals surface area contributed by atoms with E-state index < -0.39 is 0 Å². The lowest BCUT2D eigenvalue weighted by atomic mass is 10.2. The van der Waals surface area contributed by atoms with E-state index in [9.17, 15) is 4.39 Å². The predicted molar refractivity (Wildman–Crippen MR) is 62.7 cm³/mol. The summed E-state index contributed by atoms with van der Waals surface area (Å²) in [4.78, 5) is 0. The van der Waals surface area contributed by atoms with Crippen LogP contribution in [0.5, 0.6) is 11.5 Å². The number of halogens is 2. The minimum Gasteiger partial charge on any atom is -0.456 e. The van der Waals surface area contributed by atoms with Gasteiger partial charge in [-0.3, -0.25) is 0 Å². The maximum absolute atomic E-state index is 12.8. The van der Waals surface area contributed by atoms with Crippen molar-refractivity contribution in [2.24, 2.45) is 0 Å². The lowest BCUT2D eigenvalue weighted by molar-refractivity contribution is 0.480. The summed E-state index contributed by atoms with van der Waals surface area (Å²) < 4.78 is 18.3. The van der Waals surface area contributed by atoms with E-state index in [1.54, 1.807) is 0 Å². The molecule has 0 atom stereocenters. The Balaban J connectivity index is 2.23. The molecule has 3 heteroatoms. The molecular weight excluding hydrogens is 227 g/mol. The quantitative estimate of drug-likeness (QED) is 0.742. The summed E-state index contributed by atoms with van der Waals surface area (Å²) in [7, 11) is 0. The lowest BCUT2D eigenvalue weighted by Crippen LogP contribution is -1.86. The highest BCUT2D eigenvalue weighted by Gasteiger charge is 2.04. The van der Waals surface area contributed by atoms with Gasteiger partial charge in [0.25, 0.3) is 0 Å². The Morgan fingerprint density at radius 2 is 1.75 bits per heavy atom. The van der Waals surface area contributed by atoms with Crippen LogP contribution in [0.25, 0.3) is 0 Å². The first kappa shape index (κ1) is 11.0. The fraction of sp³-hybridized carbons (Fsp3) is 0.0769. The highest BCUT2D eigenvalue weighted by Crippen LogP contribution is 2.29. The van der Waals surface area contributed by atoms with Crippen molar-refractivity contribution in [1.29, 1.82) is 0 Å². The molecule has 0 aliphatic heterocycles. The molecule has 0 saturated carbocycles. The van der Waals surface area contributed by atoms with Crippen molar-refractivity contribution < 1.29 is 9.13 Å². The normalized spacial score (nSPS) is 10.2. The first-order valence-corrected chi connectivity index (χ1v) is 5.22. The molecule has 2 aromatic rings. The van der Waals surface area contributed by atoms with Crippen molar-refractivity contribution in [2.75, 3.05) is 0 Å². The van der Waals surface area contributed by atoms with E-state index in [4.69, 9.17) is 16.3 Å². The summed E-state index contributed by atoms with van der Waals surface area (Å²) in [6.45, 7) is 1.99. The summed E-state index contributed by atoms with van der Waals surface area (Å²) in [5.41, 5.74) is 1.15. The van der Waals surface area contributed by atoms with E-state index in [0.29, 0.717) is 11.5 Å². The second-order valence-corrected chi connectivity index (χ2v) is 3.90. The molecule has 2 rings (SSSR count). The molecular formula is C13H10ClFO. The van der Waals surface area contributed by atoms with Crippen molar-refractivity contribution in [1.82, 2.24) is 0 Å². The van der Waals surface area contributed by atoms with Crippen LogP contribution in [-0.4, -0.2) is 0 Å². The fourth-order valence-corrected chi connectivity index (χ4v) is 1.50. The first-order valence-electron chi connectivity index (χ1n) is 4.85. The molecule has 0 aliphatic carbocycles. The van der Waals surface area contributed by atoms with E-state index >= 15 is 0 Å². The van der Waals surface area contributed by atoms with Gasteiger partial charge in [-0.05, 0) is 37.3 Å². The number of hydrogen-bond donors (Lipinski definition) is 0. The molecule has 0 bridgehead atoms. The van der Waals surface area contributed by atoms with Crippen molar-refractivity contribution in [3.63, 3.8) is 0 Å². The molecule has 0 amide bonds. The maximum atomic E-state index is 12.8. The van der Waals surface area contributed by atoms with Crippen LogP contribution in [0.2, 0.25) is 5.02 Å². The molecule has 0 N–H and O–H groups in total. The van der Waals surface area contributed by atoms with Gasteiger partial charge >= 0.3 is 0 Å². The average Bonchev–Trinajstić information content (AvgIpc) is 2.25. The van der Waals surface area contributed by atoms with Crippen molar-refractivity contribution in [3.05, 3.63) is 58.9 Å². The second kappa shape index (κ2) is 4.54. The summed E-state index contributed by atoms with van der Waals surface area (Å²) >= 11 is 5.85. The third kappa shape index (κ3) is 2.52. The van der Waals surface area contributed by atoms with Gasteiger partial charge < -0.3 is 4.74 Å².